The van der Waals surface area contributed by atoms with Crippen LogP contribution in [-0.2, 0) is 9.53 Å². The van der Waals surface area contributed by atoms with E-state index in [9.17, 15) is 4.79 Å². The molecule has 2 aliphatic carbocycles. The molecule has 0 spiro atoms. The summed E-state index contributed by atoms with van der Waals surface area (Å²) in [7, 11) is 0. The molecule has 0 aromatic heterocycles. The second-order valence-corrected chi connectivity index (χ2v) is 8.43. The molecule has 0 atom stereocenters. The second-order valence-electron chi connectivity index (χ2n) is 8.43. The van der Waals surface area contributed by atoms with Gasteiger partial charge in [0.25, 0.3) is 0 Å². The van der Waals surface area contributed by atoms with Crippen molar-refractivity contribution in [1.29, 1.82) is 0 Å². The SMILES string of the molecule is O=C(NCCNC(=NCCCOCC1CC1)Nc1ccc2c(c1)OCCCO2)C1CC1. The molecule has 0 unspecified atom stereocenters. The lowest BCUT2D eigenvalue weighted by molar-refractivity contribution is -0.122. The van der Waals surface area contributed by atoms with Crippen LogP contribution in [0, 0.1) is 11.8 Å². The van der Waals surface area contributed by atoms with E-state index in [1.54, 1.807) is 0 Å². The predicted molar refractivity (Wildman–Crippen MR) is 120 cm³/mol. The number of fused-ring (bicyclic) bond motifs is 1. The van der Waals surface area contributed by atoms with E-state index in [0.717, 1.165) is 62.0 Å². The molecule has 1 aliphatic heterocycles. The van der Waals surface area contributed by atoms with Gasteiger partial charge in [0.05, 0.1) is 13.2 Å². The maximum atomic E-state index is 11.8. The van der Waals surface area contributed by atoms with Crippen molar-refractivity contribution in [2.75, 3.05) is 51.4 Å². The highest BCUT2D eigenvalue weighted by Gasteiger charge is 2.29. The molecule has 3 aliphatic rings. The molecule has 1 heterocycles. The third kappa shape index (κ3) is 7.61. The van der Waals surface area contributed by atoms with Crippen molar-refractivity contribution in [2.24, 2.45) is 16.8 Å². The summed E-state index contributed by atoms with van der Waals surface area (Å²) < 4.78 is 17.2. The molecule has 1 amide bonds. The summed E-state index contributed by atoms with van der Waals surface area (Å²) in [5.41, 5.74) is 0.877. The van der Waals surface area contributed by atoms with Gasteiger partial charge in [-0.1, -0.05) is 0 Å². The lowest BCUT2D eigenvalue weighted by Gasteiger charge is -2.15. The zero-order valence-electron chi connectivity index (χ0n) is 18.2. The topological polar surface area (TPSA) is 93.2 Å². The van der Waals surface area contributed by atoms with E-state index in [1.165, 1.54) is 12.8 Å². The molecule has 8 heteroatoms. The van der Waals surface area contributed by atoms with E-state index in [2.05, 4.69) is 20.9 Å². The summed E-state index contributed by atoms with van der Waals surface area (Å²) in [6.45, 7) is 4.77. The van der Waals surface area contributed by atoms with E-state index in [1.807, 2.05) is 18.2 Å². The zero-order chi connectivity index (χ0) is 21.3. The van der Waals surface area contributed by atoms with Crippen molar-refractivity contribution in [2.45, 2.75) is 38.5 Å². The molecule has 2 saturated carbocycles. The highest BCUT2D eigenvalue weighted by atomic mass is 16.5. The molecule has 1 aromatic rings. The van der Waals surface area contributed by atoms with Gasteiger partial charge in [-0.3, -0.25) is 9.79 Å². The van der Waals surface area contributed by atoms with Crippen molar-refractivity contribution in [3.05, 3.63) is 18.2 Å². The number of hydrogen-bond acceptors (Lipinski definition) is 5. The van der Waals surface area contributed by atoms with Crippen LogP contribution < -0.4 is 25.4 Å². The Morgan fingerprint density at radius 1 is 1.06 bits per heavy atom. The number of anilines is 1. The Morgan fingerprint density at radius 2 is 1.87 bits per heavy atom. The summed E-state index contributed by atoms with van der Waals surface area (Å²) >= 11 is 0. The molecule has 2 fully saturated rings. The normalized spacial score (nSPS) is 18.3. The molecular weight excluding hydrogens is 396 g/mol. The van der Waals surface area contributed by atoms with Gasteiger partial charge in [-0.15, -0.1) is 0 Å². The van der Waals surface area contributed by atoms with Crippen LogP contribution in [-0.4, -0.2) is 57.9 Å². The lowest BCUT2D eigenvalue weighted by atomic mass is 10.2. The minimum atomic E-state index is 0.156. The first-order chi connectivity index (χ1) is 15.3. The van der Waals surface area contributed by atoms with E-state index < -0.39 is 0 Å². The number of aliphatic imine (C=N–C) groups is 1. The second kappa shape index (κ2) is 11.2. The van der Waals surface area contributed by atoms with Crippen LogP contribution in [0.2, 0.25) is 0 Å². The molecule has 4 rings (SSSR count). The van der Waals surface area contributed by atoms with E-state index in [-0.39, 0.29) is 11.8 Å². The van der Waals surface area contributed by atoms with Crippen molar-refractivity contribution in [3.63, 3.8) is 0 Å². The van der Waals surface area contributed by atoms with Gasteiger partial charge in [-0.05, 0) is 50.2 Å². The van der Waals surface area contributed by atoms with E-state index >= 15 is 0 Å². The highest BCUT2D eigenvalue weighted by molar-refractivity contribution is 5.94. The van der Waals surface area contributed by atoms with E-state index in [0.29, 0.717) is 38.8 Å². The molecular formula is C23H34N4O4. The number of ether oxygens (including phenoxy) is 3. The summed E-state index contributed by atoms with van der Waals surface area (Å²) in [5.74, 6) is 3.36. The van der Waals surface area contributed by atoms with Crippen LogP contribution in [0.5, 0.6) is 11.5 Å². The molecule has 0 radical (unpaired) electrons. The van der Waals surface area contributed by atoms with Gasteiger partial charge in [-0.2, -0.15) is 0 Å². The van der Waals surface area contributed by atoms with Crippen LogP contribution in [0.1, 0.15) is 38.5 Å². The Balaban J connectivity index is 1.27. The highest BCUT2D eigenvalue weighted by Crippen LogP contribution is 2.32. The summed E-state index contributed by atoms with van der Waals surface area (Å²) in [6.07, 6.45) is 6.40. The molecule has 0 saturated heterocycles. The Hall–Kier alpha value is -2.48. The van der Waals surface area contributed by atoms with Gasteiger partial charge in [0.2, 0.25) is 5.91 Å². The Morgan fingerprint density at radius 3 is 2.68 bits per heavy atom. The van der Waals surface area contributed by atoms with Crippen molar-refractivity contribution < 1.29 is 19.0 Å². The summed E-state index contributed by atoms with van der Waals surface area (Å²) in [6, 6.07) is 5.81. The molecule has 31 heavy (non-hydrogen) atoms. The Labute approximate surface area is 184 Å². The fourth-order valence-electron chi connectivity index (χ4n) is 3.27. The summed E-state index contributed by atoms with van der Waals surface area (Å²) in [4.78, 5) is 16.5. The van der Waals surface area contributed by atoms with Gasteiger partial charge in [0.1, 0.15) is 0 Å². The van der Waals surface area contributed by atoms with Gasteiger partial charge >= 0.3 is 0 Å². The maximum Gasteiger partial charge on any atom is 0.223 e. The third-order valence-corrected chi connectivity index (χ3v) is 5.44. The molecule has 1 aromatic carbocycles. The summed E-state index contributed by atoms with van der Waals surface area (Å²) in [5, 5.41) is 9.62. The first kappa shape index (κ1) is 21.7. The largest absolute Gasteiger partial charge is 0.490 e. The fraction of sp³-hybridized carbons (Fsp3) is 0.652. The zero-order valence-corrected chi connectivity index (χ0v) is 18.2. The predicted octanol–water partition coefficient (Wildman–Crippen LogP) is 2.55. The van der Waals surface area contributed by atoms with Gasteiger partial charge in [-0.25, -0.2) is 0 Å². The first-order valence-electron chi connectivity index (χ1n) is 11.6. The van der Waals surface area contributed by atoms with Gasteiger partial charge in [0.15, 0.2) is 17.5 Å². The van der Waals surface area contributed by atoms with Crippen LogP contribution in [0.3, 0.4) is 0 Å². The van der Waals surface area contributed by atoms with Crippen molar-refractivity contribution >= 4 is 17.6 Å². The minimum Gasteiger partial charge on any atom is -0.490 e. The quantitative estimate of drug-likeness (QED) is 0.284. The standard InChI is InChI=1S/C23H34N4O4/c28-22(18-5-6-18)24-10-11-26-23(25-9-1-12-29-16-17-3-4-17)27-19-7-8-20-21(15-19)31-14-2-13-30-20/h7-8,15,17-18H,1-6,9-14,16H2,(H,24,28)(H2,25,26,27). The Kier molecular flexibility index (Phi) is 7.87. The number of rotatable bonds is 11. The number of nitrogens with zero attached hydrogens (tertiary/aromatic N) is 1. The van der Waals surface area contributed by atoms with E-state index in [4.69, 9.17) is 14.2 Å². The van der Waals surface area contributed by atoms with Crippen LogP contribution in [0.15, 0.2) is 23.2 Å². The molecule has 0 bridgehead atoms. The van der Waals surface area contributed by atoms with Crippen molar-refractivity contribution in [3.8, 4) is 11.5 Å². The monoisotopic (exact) mass is 430 g/mol. The number of benzene rings is 1. The van der Waals surface area contributed by atoms with Crippen LogP contribution in [0.25, 0.3) is 0 Å². The van der Waals surface area contributed by atoms with Gasteiger partial charge < -0.3 is 30.2 Å². The smallest absolute Gasteiger partial charge is 0.223 e. The lowest BCUT2D eigenvalue weighted by Crippen LogP contribution is -2.38. The molecule has 8 nitrogen and oxygen atoms in total. The van der Waals surface area contributed by atoms with Crippen LogP contribution in [0.4, 0.5) is 5.69 Å². The first-order valence-corrected chi connectivity index (χ1v) is 11.6. The molecule has 3 N–H and O–H groups in total. The fourth-order valence-corrected chi connectivity index (χ4v) is 3.27. The number of guanidine groups is 1. The maximum absolute atomic E-state index is 11.8. The number of amides is 1. The number of hydrogen-bond donors (Lipinski definition) is 3. The van der Waals surface area contributed by atoms with Gasteiger partial charge in [0, 0.05) is 56.9 Å². The number of nitrogens with one attached hydrogen (secondary N) is 3. The average molecular weight is 431 g/mol. The van der Waals surface area contributed by atoms with Crippen molar-refractivity contribution in [1.82, 2.24) is 10.6 Å². The number of carbonyl (C=O) groups is 1. The number of carbonyl (C=O) groups excluding carboxylic acids is 1. The minimum absolute atomic E-state index is 0.156. The third-order valence-electron chi connectivity index (χ3n) is 5.44. The molecule has 170 valence electrons. The average Bonchev–Trinajstić information content (AvgIpc) is 3.65. The van der Waals surface area contributed by atoms with Crippen LogP contribution >= 0.6 is 0 Å². The Bertz CT molecular complexity index is 762.